The maximum Gasteiger partial charge on any atom is 0.261 e. The molecule has 0 bridgehead atoms. The summed E-state index contributed by atoms with van der Waals surface area (Å²) in [5.74, 6) is -1.16. The van der Waals surface area contributed by atoms with E-state index in [1.807, 2.05) is 20.8 Å². The first-order valence-corrected chi connectivity index (χ1v) is 10.0. The molecule has 0 heterocycles. The molecule has 0 unspecified atom stereocenters. The van der Waals surface area contributed by atoms with Crippen LogP contribution in [0.4, 0.5) is 10.1 Å². The molecule has 5 nitrogen and oxygen atoms in total. The molecule has 0 spiro atoms. The van der Waals surface area contributed by atoms with E-state index >= 15 is 0 Å². The molecule has 0 amide bonds. The van der Waals surface area contributed by atoms with Crippen LogP contribution in [0.5, 0.6) is 0 Å². The van der Waals surface area contributed by atoms with Crippen LogP contribution in [0.25, 0.3) is 0 Å². The second-order valence-electron chi connectivity index (χ2n) is 5.81. The molecule has 9 heteroatoms. The van der Waals surface area contributed by atoms with Gasteiger partial charge < -0.3 is 0 Å². The molecular formula is C12H17ClFNO4S2. The molecule has 0 fully saturated rings. The fraction of sp³-hybridized carbons (Fsp3) is 0.500. The number of anilines is 1. The number of sulfonamides is 1. The number of benzene rings is 1. The van der Waals surface area contributed by atoms with E-state index in [-0.39, 0.29) is 16.9 Å². The Hall–Kier alpha value is -0.860. The third kappa shape index (κ3) is 6.19. The molecule has 1 rings (SSSR count). The summed E-state index contributed by atoms with van der Waals surface area (Å²) >= 11 is 0. The minimum absolute atomic E-state index is 0.161. The van der Waals surface area contributed by atoms with E-state index in [0.29, 0.717) is 12.5 Å². The van der Waals surface area contributed by atoms with Crippen LogP contribution < -0.4 is 4.72 Å². The highest BCUT2D eigenvalue weighted by Crippen LogP contribution is 2.24. The van der Waals surface area contributed by atoms with Gasteiger partial charge in [0.25, 0.3) is 9.05 Å². The van der Waals surface area contributed by atoms with Gasteiger partial charge in [-0.2, -0.15) is 0 Å². The maximum absolute atomic E-state index is 13.7. The normalized spacial score (nSPS) is 13.2. The number of halogens is 2. The molecule has 0 aliphatic rings. The lowest BCUT2D eigenvalue weighted by Crippen LogP contribution is -2.21. The average molecular weight is 358 g/mol. The second kappa shape index (κ2) is 6.10. The molecule has 0 atom stereocenters. The van der Waals surface area contributed by atoms with E-state index in [0.717, 1.165) is 12.1 Å². The first-order valence-electron chi connectivity index (χ1n) is 6.05. The van der Waals surface area contributed by atoms with Crippen molar-refractivity contribution in [2.24, 2.45) is 5.41 Å². The van der Waals surface area contributed by atoms with Gasteiger partial charge in [-0.15, -0.1) is 0 Å². The van der Waals surface area contributed by atoms with E-state index in [1.54, 1.807) is 0 Å². The number of nitrogens with one attached hydrogen (secondary N) is 1. The molecule has 1 N–H and O–H groups in total. The molecule has 0 aliphatic carbocycles. The molecule has 1 aromatic carbocycles. The summed E-state index contributed by atoms with van der Waals surface area (Å²) in [5, 5.41) is 0. The van der Waals surface area contributed by atoms with Gasteiger partial charge in [0.15, 0.2) is 0 Å². The summed E-state index contributed by atoms with van der Waals surface area (Å²) in [4.78, 5) is -0.431. The van der Waals surface area contributed by atoms with Gasteiger partial charge in [0.05, 0.1) is 16.3 Å². The van der Waals surface area contributed by atoms with E-state index in [2.05, 4.69) is 4.72 Å². The van der Waals surface area contributed by atoms with Crippen molar-refractivity contribution in [3.05, 3.63) is 24.0 Å². The van der Waals surface area contributed by atoms with Gasteiger partial charge in [0, 0.05) is 10.7 Å². The Morgan fingerprint density at radius 2 is 1.76 bits per heavy atom. The standard InChI is InChI=1S/C12H17ClFNO4S2/c1-12(2,3)6-7-20(16,17)15-11-5-4-9(8-10(11)14)21(13,18)19/h4-5,8,15H,6-7H2,1-3H3. The van der Waals surface area contributed by atoms with E-state index in [9.17, 15) is 21.2 Å². The zero-order valence-electron chi connectivity index (χ0n) is 11.9. The van der Waals surface area contributed by atoms with Crippen molar-refractivity contribution >= 4 is 35.4 Å². The Morgan fingerprint density at radius 1 is 1.19 bits per heavy atom. The SMILES string of the molecule is CC(C)(C)CCS(=O)(=O)Nc1ccc(S(=O)(=O)Cl)cc1F. The van der Waals surface area contributed by atoms with Crippen molar-refractivity contribution < 1.29 is 21.2 Å². The van der Waals surface area contributed by atoms with Crippen LogP contribution in [0.1, 0.15) is 27.2 Å². The predicted octanol–water partition coefficient (Wildman–Crippen LogP) is 2.93. The third-order valence-electron chi connectivity index (χ3n) is 2.61. The van der Waals surface area contributed by atoms with Gasteiger partial charge >= 0.3 is 0 Å². The Kier molecular flexibility index (Phi) is 5.28. The van der Waals surface area contributed by atoms with E-state index in [1.165, 1.54) is 0 Å². The lowest BCUT2D eigenvalue weighted by Gasteiger charge is -2.18. The molecular weight excluding hydrogens is 341 g/mol. The number of hydrogen-bond acceptors (Lipinski definition) is 4. The van der Waals surface area contributed by atoms with Crippen LogP contribution in [-0.4, -0.2) is 22.6 Å². The Bertz CT molecular complexity index is 724. The first kappa shape index (κ1) is 18.2. The van der Waals surface area contributed by atoms with E-state index in [4.69, 9.17) is 10.7 Å². The Morgan fingerprint density at radius 3 is 2.19 bits per heavy atom. The van der Waals surface area contributed by atoms with Crippen LogP contribution in [0, 0.1) is 11.2 Å². The monoisotopic (exact) mass is 357 g/mol. The molecule has 0 saturated carbocycles. The van der Waals surface area contributed by atoms with Crippen LogP contribution in [0.15, 0.2) is 23.1 Å². The summed E-state index contributed by atoms with van der Waals surface area (Å²) in [7, 11) is -2.69. The van der Waals surface area contributed by atoms with Crippen molar-refractivity contribution in [3.63, 3.8) is 0 Å². The topological polar surface area (TPSA) is 80.3 Å². The smallest absolute Gasteiger partial charge is 0.261 e. The van der Waals surface area contributed by atoms with Gasteiger partial charge in [-0.05, 0) is 30.0 Å². The summed E-state index contributed by atoms with van der Waals surface area (Å²) in [6.07, 6.45) is 0.401. The zero-order chi connectivity index (χ0) is 16.5. The van der Waals surface area contributed by atoms with Gasteiger partial charge in [0.2, 0.25) is 10.0 Å². The maximum atomic E-state index is 13.7. The second-order valence-corrected chi connectivity index (χ2v) is 10.2. The van der Waals surface area contributed by atoms with Gasteiger partial charge in [0.1, 0.15) is 5.82 Å². The molecule has 1 aromatic rings. The van der Waals surface area contributed by atoms with Gasteiger partial charge in [-0.3, -0.25) is 4.72 Å². The lowest BCUT2D eigenvalue weighted by atomic mass is 9.94. The minimum atomic E-state index is -4.06. The van der Waals surface area contributed by atoms with Crippen LogP contribution in [0.3, 0.4) is 0 Å². The van der Waals surface area contributed by atoms with Crippen LogP contribution in [0.2, 0.25) is 0 Å². The molecule has 0 aliphatic heterocycles. The van der Waals surface area contributed by atoms with Crippen molar-refractivity contribution in [1.82, 2.24) is 0 Å². The Labute approximate surface area is 129 Å². The van der Waals surface area contributed by atoms with Gasteiger partial charge in [-0.1, -0.05) is 20.8 Å². The molecule has 0 radical (unpaired) electrons. The average Bonchev–Trinajstić information content (AvgIpc) is 2.27. The fourth-order valence-electron chi connectivity index (χ4n) is 1.39. The predicted molar refractivity (Wildman–Crippen MR) is 80.9 cm³/mol. The fourth-order valence-corrected chi connectivity index (χ4v) is 3.64. The summed E-state index contributed by atoms with van der Waals surface area (Å²) in [6, 6.07) is 2.73. The lowest BCUT2D eigenvalue weighted by molar-refractivity contribution is 0.397. The molecule has 120 valence electrons. The Balaban J connectivity index is 2.94. The van der Waals surface area contributed by atoms with Crippen LogP contribution >= 0.6 is 10.7 Å². The zero-order valence-corrected chi connectivity index (χ0v) is 14.2. The van der Waals surface area contributed by atoms with Crippen molar-refractivity contribution in [1.29, 1.82) is 0 Å². The largest absolute Gasteiger partial charge is 0.281 e. The third-order valence-corrected chi connectivity index (χ3v) is 5.23. The van der Waals surface area contributed by atoms with Crippen LogP contribution in [-0.2, 0) is 19.1 Å². The van der Waals surface area contributed by atoms with Crippen molar-refractivity contribution in [2.45, 2.75) is 32.1 Å². The summed E-state index contributed by atoms with van der Waals surface area (Å²) in [6.45, 7) is 5.68. The quantitative estimate of drug-likeness (QED) is 0.821. The highest BCUT2D eigenvalue weighted by atomic mass is 35.7. The highest BCUT2D eigenvalue weighted by molar-refractivity contribution is 8.13. The summed E-state index contributed by atoms with van der Waals surface area (Å²) < 4.78 is 61.7. The van der Waals surface area contributed by atoms with E-state index < -0.39 is 29.8 Å². The first-order chi connectivity index (χ1) is 9.30. The molecule has 0 aromatic heterocycles. The number of hydrogen-bond donors (Lipinski definition) is 1. The molecule has 0 saturated heterocycles. The van der Waals surface area contributed by atoms with Crippen molar-refractivity contribution in [2.75, 3.05) is 10.5 Å². The minimum Gasteiger partial charge on any atom is -0.281 e. The summed E-state index contributed by atoms with van der Waals surface area (Å²) in [5.41, 5.74) is -0.489. The molecule has 21 heavy (non-hydrogen) atoms. The highest BCUT2D eigenvalue weighted by Gasteiger charge is 2.20. The van der Waals surface area contributed by atoms with Gasteiger partial charge in [-0.25, -0.2) is 21.2 Å². The van der Waals surface area contributed by atoms with Crippen molar-refractivity contribution in [3.8, 4) is 0 Å². The number of rotatable bonds is 5.